The molecule has 0 amide bonds. The van der Waals surface area contributed by atoms with Crippen molar-refractivity contribution in [3.63, 3.8) is 0 Å². The maximum absolute atomic E-state index is 6.15. The van der Waals surface area contributed by atoms with E-state index in [-0.39, 0.29) is 5.54 Å². The van der Waals surface area contributed by atoms with E-state index in [4.69, 9.17) is 5.73 Å². The van der Waals surface area contributed by atoms with Crippen molar-refractivity contribution < 1.29 is 0 Å². The number of aryl methyl sites for hydroxylation is 1. The predicted octanol–water partition coefficient (Wildman–Crippen LogP) is 2.15. The summed E-state index contributed by atoms with van der Waals surface area (Å²) < 4.78 is 2.10. The predicted molar refractivity (Wildman–Crippen MR) is 78.7 cm³/mol. The van der Waals surface area contributed by atoms with Crippen molar-refractivity contribution in [1.29, 1.82) is 0 Å². The number of imidazole rings is 1. The molecule has 1 saturated carbocycles. The van der Waals surface area contributed by atoms with Gasteiger partial charge < -0.3 is 10.3 Å². The topological polar surface area (TPSA) is 47.1 Å². The highest BCUT2D eigenvalue weighted by Gasteiger charge is 2.38. The summed E-state index contributed by atoms with van der Waals surface area (Å²) in [7, 11) is 4.26. The van der Waals surface area contributed by atoms with Gasteiger partial charge in [-0.2, -0.15) is 0 Å². The Kier molecular flexibility index (Phi) is 4.63. The van der Waals surface area contributed by atoms with Gasteiger partial charge >= 0.3 is 0 Å². The van der Waals surface area contributed by atoms with Gasteiger partial charge in [-0.1, -0.05) is 26.2 Å². The van der Waals surface area contributed by atoms with Crippen molar-refractivity contribution >= 4 is 0 Å². The van der Waals surface area contributed by atoms with Crippen LogP contribution >= 0.6 is 0 Å². The monoisotopic (exact) mass is 264 g/mol. The summed E-state index contributed by atoms with van der Waals surface area (Å²) in [4.78, 5) is 6.88. The first-order chi connectivity index (χ1) is 9.11. The van der Waals surface area contributed by atoms with Crippen LogP contribution in [0.15, 0.2) is 12.4 Å². The Balaban J connectivity index is 2.09. The molecule has 2 N–H and O–H groups in total. The molecule has 1 fully saturated rings. The molecule has 1 aromatic rings. The van der Waals surface area contributed by atoms with Crippen molar-refractivity contribution in [2.45, 2.75) is 51.1 Å². The molecule has 1 aromatic heterocycles. The van der Waals surface area contributed by atoms with Gasteiger partial charge in [0, 0.05) is 31.5 Å². The van der Waals surface area contributed by atoms with Crippen LogP contribution in [0, 0.1) is 5.92 Å². The quantitative estimate of drug-likeness (QED) is 0.886. The van der Waals surface area contributed by atoms with Crippen molar-refractivity contribution in [2.24, 2.45) is 18.7 Å². The summed E-state index contributed by atoms with van der Waals surface area (Å²) >= 11 is 0. The molecule has 4 heteroatoms. The number of nitrogens with zero attached hydrogens (tertiary/aromatic N) is 3. The molecule has 19 heavy (non-hydrogen) atoms. The van der Waals surface area contributed by atoms with Crippen molar-refractivity contribution in [3.05, 3.63) is 18.2 Å². The van der Waals surface area contributed by atoms with E-state index in [2.05, 4.69) is 35.5 Å². The lowest BCUT2D eigenvalue weighted by molar-refractivity contribution is 0.0479. The fourth-order valence-electron chi connectivity index (χ4n) is 3.43. The van der Waals surface area contributed by atoms with Gasteiger partial charge in [0.1, 0.15) is 5.82 Å². The van der Waals surface area contributed by atoms with Crippen LogP contribution in [0.4, 0.5) is 0 Å². The molecule has 0 aromatic carbocycles. The van der Waals surface area contributed by atoms with E-state index in [1.165, 1.54) is 32.1 Å². The number of nitrogens with two attached hydrogens (primary N) is 1. The minimum atomic E-state index is 0.172. The molecule has 2 atom stereocenters. The molecule has 2 rings (SSSR count). The summed E-state index contributed by atoms with van der Waals surface area (Å²) in [5.74, 6) is 1.95. The highest BCUT2D eigenvalue weighted by Crippen LogP contribution is 2.37. The van der Waals surface area contributed by atoms with Gasteiger partial charge in [-0.25, -0.2) is 4.98 Å². The largest absolute Gasteiger partial charge is 0.337 e. The van der Waals surface area contributed by atoms with E-state index >= 15 is 0 Å². The van der Waals surface area contributed by atoms with Gasteiger partial charge in [-0.15, -0.1) is 0 Å². The van der Waals surface area contributed by atoms with Crippen molar-refractivity contribution in [1.82, 2.24) is 14.5 Å². The first kappa shape index (κ1) is 14.5. The SMILES string of the molecule is CCC1CCCC(CN)(N(C)Cc2nccn2C)C1. The molecule has 0 saturated heterocycles. The third-order valence-electron chi connectivity index (χ3n) is 4.99. The van der Waals surface area contributed by atoms with E-state index in [1.54, 1.807) is 0 Å². The Bertz CT molecular complexity index is 401. The summed E-state index contributed by atoms with van der Waals surface area (Å²) in [6.07, 6.45) is 10.3. The Morgan fingerprint density at radius 1 is 1.58 bits per heavy atom. The average molecular weight is 264 g/mol. The van der Waals surface area contributed by atoms with Gasteiger partial charge in [0.15, 0.2) is 0 Å². The molecule has 0 bridgehead atoms. The molecule has 0 spiro atoms. The Morgan fingerprint density at radius 2 is 2.37 bits per heavy atom. The zero-order valence-corrected chi connectivity index (χ0v) is 12.6. The van der Waals surface area contributed by atoms with E-state index in [9.17, 15) is 0 Å². The zero-order chi connectivity index (χ0) is 13.9. The van der Waals surface area contributed by atoms with Gasteiger partial charge in [0.25, 0.3) is 0 Å². The second-order valence-corrected chi connectivity index (χ2v) is 6.11. The standard InChI is InChI=1S/C15H28N4/c1-4-13-6-5-7-15(10-13,12-16)19(3)11-14-17-8-9-18(14)2/h8-9,13H,4-7,10-12,16H2,1-3H3. The first-order valence-electron chi connectivity index (χ1n) is 7.49. The fraction of sp³-hybridized carbons (Fsp3) is 0.800. The maximum Gasteiger partial charge on any atom is 0.122 e. The third kappa shape index (κ3) is 3.00. The molecule has 0 aliphatic heterocycles. The molecule has 1 aliphatic carbocycles. The minimum Gasteiger partial charge on any atom is -0.337 e. The molecule has 108 valence electrons. The molecular weight excluding hydrogens is 236 g/mol. The molecule has 0 radical (unpaired) electrons. The van der Waals surface area contributed by atoms with E-state index in [0.717, 1.165) is 24.8 Å². The Morgan fingerprint density at radius 3 is 2.95 bits per heavy atom. The molecule has 4 nitrogen and oxygen atoms in total. The van der Waals surface area contributed by atoms with Gasteiger partial charge in [0.05, 0.1) is 6.54 Å². The molecule has 2 unspecified atom stereocenters. The van der Waals surface area contributed by atoms with Crippen LogP contribution < -0.4 is 5.73 Å². The second-order valence-electron chi connectivity index (χ2n) is 6.11. The van der Waals surface area contributed by atoms with Crippen LogP contribution in [0.1, 0.15) is 44.9 Å². The van der Waals surface area contributed by atoms with E-state index < -0.39 is 0 Å². The summed E-state index contributed by atoms with van der Waals surface area (Å²) in [5, 5.41) is 0. The zero-order valence-electron chi connectivity index (χ0n) is 12.6. The normalized spacial score (nSPS) is 27.9. The maximum atomic E-state index is 6.15. The average Bonchev–Trinajstić information content (AvgIpc) is 2.84. The van der Waals surface area contributed by atoms with E-state index in [1.807, 2.05) is 12.4 Å². The Hall–Kier alpha value is -0.870. The van der Waals surface area contributed by atoms with Crippen LogP contribution in [0.3, 0.4) is 0 Å². The lowest BCUT2D eigenvalue weighted by atomic mass is 9.74. The van der Waals surface area contributed by atoms with Crippen LogP contribution in [-0.2, 0) is 13.6 Å². The highest BCUT2D eigenvalue weighted by atomic mass is 15.2. The third-order valence-corrected chi connectivity index (χ3v) is 4.99. The Labute approximate surface area is 117 Å². The van der Waals surface area contributed by atoms with Gasteiger partial charge in [-0.05, 0) is 25.8 Å². The second kappa shape index (κ2) is 6.06. The van der Waals surface area contributed by atoms with Crippen molar-refractivity contribution in [2.75, 3.05) is 13.6 Å². The van der Waals surface area contributed by atoms with Crippen LogP contribution in [0.2, 0.25) is 0 Å². The van der Waals surface area contributed by atoms with Crippen LogP contribution in [-0.4, -0.2) is 33.6 Å². The summed E-state index contributed by atoms with van der Waals surface area (Å²) in [5.41, 5.74) is 6.33. The van der Waals surface area contributed by atoms with E-state index in [0.29, 0.717) is 0 Å². The first-order valence-corrected chi connectivity index (χ1v) is 7.49. The van der Waals surface area contributed by atoms with Gasteiger partial charge in [0.2, 0.25) is 0 Å². The minimum absolute atomic E-state index is 0.172. The summed E-state index contributed by atoms with van der Waals surface area (Å²) in [6.45, 7) is 3.94. The van der Waals surface area contributed by atoms with Crippen molar-refractivity contribution in [3.8, 4) is 0 Å². The summed E-state index contributed by atoms with van der Waals surface area (Å²) in [6, 6.07) is 0. The molecule has 1 aliphatic rings. The molecular formula is C15H28N4. The number of rotatable bonds is 5. The van der Waals surface area contributed by atoms with Crippen LogP contribution in [0.25, 0.3) is 0 Å². The lowest BCUT2D eigenvalue weighted by Gasteiger charge is -2.46. The van der Waals surface area contributed by atoms with Crippen LogP contribution in [0.5, 0.6) is 0 Å². The number of aromatic nitrogens is 2. The molecule has 1 heterocycles. The number of likely N-dealkylation sites (N-methyl/N-ethyl adjacent to an activating group) is 1. The highest BCUT2D eigenvalue weighted by molar-refractivity contribution is 4.99. The number of hydrogen-bond donors (Lipinski definition) is 1. The lowest BCUT2D eigenvalue weighted by Crippen LogP contribution is -2.54. The van der Waals surface area contributed by atoms with Gasteiger partial charge in [-0.3, -0.25) is 4.90 Å². The smallest absolute Gasteiger partial charge is 0.122 e. The fourth-order valence-corrected chi connectivity index (χ4v) is 3.43. The number of hydrogen-bond acceptors (Lipinski definition) is 3.